The lowest BCUT2D eigenvalue weighted by molar-refractivity contribution is -0.159. The second-order valence-corrected chi connectivity index (χ2v) is 4.48. The normalized spacial score (nSPS) is 25.6. The fraction of sp³-hybridized carbons (Fsp3) is 0.727. The minimum Gasteiger partial charge on any atom is -0.481 e. The summed E-state index contributed by atoms with van der Waals surface area (Å²) in [6, 6.07) is -0.652. The van der Waals surface area contributed by atoms with Crippen LogP contribution in [-0.4, -0.2) is 52.1 Å². The SMILES string of the molecule is CCC(N)C(=O)N1CCC(C(=O)O)C(C(=O)O)C1. The lowest BCUT2D eigenvalue weighted by atomic mass is 9.85. The Morgan fingerprint density at radius 1 is 1.28 bits per heavy atom. The van der Waals surface area contributed by atoms with Crippen LogP contribution in [0, 0.1) is 11.8 Å². The number of carboxylic acids is 2. The summed E-state index contributed by atoms with van der Waals surface area (Å²) >= 11 is 0. The van der Waals surface area contributed by atoms with E-state index in [0.29, 0.717) is 6.42 Å². The van der Waals surface area contributed by atoms with E-state index in [0.717, 1.165) is 0 Å². The highest BCUT2D eigenvalue weighted by Gasteiger charge is 2.40. The maximum Gasteiger partial charge on any atom is 0.309 e. The second-order valence-electron chi connectivity index (χ2n) is 4.48. The number of likely N-dealkylation sites (tertiary alicyclic amines) is 1. The van der Waals surface area contributed by atoms with Crippen LogP contribution in [0.2, 0.25) is 0 Å². The summed E-state index contributed by atoms with van der Waals surface area (Å²) in [4.78, 5) is 35.2. The van der Waals surface area contributed by atoms with Gasteiger partial charge in [-0.15, -0.1) is 0 Å². The minimum atomic E-state index is -1.19. The summed E-state index contributed by atoms with van der Waals surface area (Å²) in [6.45, 7) is 1.92. The quantitative estimate of drug-likeness (QED) is 0.616. The molecule has 0 spiro atoms. The average Bonchev–Trinajstić information content (AvgIpc) is 2.35. The Hall–Kier alpha value is -1.63. The first kappa shape index (κ1) is 14.4. The molecule has 0 aliphatic carbocycles. The molecule has 3 atom stereocenters. The molecule has 1 aliphatic heterocycles. The van der Waals surface area contributed by atoms with E-state index in [2.05, 4.69) is 0 Å². The summed E-state index contributed by atoms with van der Waals surface area (Å²) in [7, 11) is 0. The third-order valence-corrected chi connectivity index (χ3v) is 3.32. The zero-order valence-corrected chi connectivity index (χ0v) is 10.2. The molecule has 0 aromatic carbocycles. The van der Waals surface area contributed by atoms with Crippen LogP contribution >= 0.6 is 0 Å². The molecule has 1 amide bonds. The first-order valence-corrected chi connectivity index (χ1v) is 5.88. The first-order valence-electron chi connectivity index (χ1n) is 5.88. The largest absolute Gasteiger partial charge is 0.481 e. The maximum atomic E-state index is 11.8. The van der Waals surface area contributed by atoms with Crippen molar-refractivity contribution in [2.24, 2.45) is 17.6 Å². The summed E-state index contributed by atoms with van der Waals surface area (Å²) in [5.41, 5.74) is 5.61. The number of aliphatic carboxylic acids is 2. The predicted molar refractivity (Wildman–Crippen MR) is 61.7 cm³/mol. The van der Waals surface area contributed by atoms with Crippen LogP contribution < -0.4 is 5.73 Å². The van der Waals surface area contributed by atoms with E-state index in [1.807, 2.05) is 0 Å². The molecule has 1 aliphatic rings. The molecule has 0 bridgehead atoms. The number of hydrogen-bond donors (Lipinski definition) is 3. The average molecular weight is 258 g/mol. The predicted octanol–water partition coefficient (Wildman–Crippen LogP) is -0.642. The van der Waals surface area contributed by atoms with Gasteiger partial charge in [0.2, 0.25) is 5.91 Å². The molecular formula is C11H18N2O5. The minimum absolute atomic E-state index is 0.0845. The second kappa shape index (κ2) is 5.81. The van der Waals surface area contributed by atoms with Gasteiger partial charge in [0, 0.05) is 13.1 Å². The summed E-state index contributed by atoms with van der Waals surface area (Å²) < 4.78 is 0. The highest BCUT2D eigenvalue weighted by atomic mass is 16.4. The van der Waals surface area contributed by atoms with E-state index in [1.165, 1.54) is 4.90 Å². The Morgan fingerprint density at radius 3 is 2.28 bits per heavy atom. The number of hydrogen-bond acceptors (Lipinski definition) is 4. The topological polar surface area (TPSA) is 121 Å². The van der Waals surface area contributed by atoms with Gasteiger partial charge in [-0.2, -0.15) is 0 Å². The lowest BCUT2D eigenvalue weighted by Gasteiger charge is -2.35. The van der Waals surface area contributed by atoms with Gasteiger partial charge in [-0.3, -0.25) is 14.4 Å². The molecule has 1 saturated heterocycles. The smallest absolute Gasteiger partial charge is 0.309 e. The Kier molecular flexibility index (Phi) is 4.66. The number of carbonyl (C=O) groups excluding carboxylic acids is 1. The third kappa shape index (κ3) is 2.98. The number of nitrogens with zero attached hydrogens (tertiary/aromatic N) is 1. The van der Waals surface area contributed by atoms with Gasteiger partial charge in [0.15, 0.2) is 0 Å². The standard InChI is InChI=1S/C11H18N2O5/c1-2-8(12)9(14)13-4-3-6(10(15)16)7(5-13)11(17)18/h6-8H,2-5,12H2,1H3,(H,15,16)(H,17,18). The molecule has 0 aromatic rings. The third-order valence-electron chi connectivity index (χ3n) is 3.32. The van der Waals surface area contributed by atoms with Gasteiger partial charge in [0.25, 0.3) is 0 Å². The molecule has 102 valence electrons. The van der Waals surface area contributed by atoms with Crippen molar-refractivity contribution in [2.75, 3.05) is 13.1 Å². The van der Waals surface area contributed by atoms with Crippen LogP contribution in [0.1, 0.15) is 19.8 Å². The van der Waals surface area contributed by atoms with E-state index in [9.17, 15) is 14.4 Å². The molecule has 18 heavy (non-hydrogen) atoms. The number of carbonyl (C=O) groups is 3. The summed E-state index contributed by atoms with van der Waals surface area (Å²) in [6.07, 6.45) is 0.615. The molecular weight excluding hydrogens is 240 g/mol. The van der Waals surface area contributed by atoms with Gasteiger partial charge in [0.05, 0.1) is 17.9 Å². The maximum absolute atomic E-state index is 11.8. The lowest BCUT2D eigenvalue weighted by Crippen LogP contribution is -2.52. The Labute approximate surface area is 105 Å². The molecule has 0 aromatic heterocycles. The molecule has 1 rings (SSSR count). The zero-order chi connectivity index (χ0) is 13.9. The van der Waals surface area contributed by atoms with E-state index < -0.39 is 29.8 Å². The highest BCUT2D eigenvalue weighted by molar-refractivity contribution is 5.84. The number of carboxylic acid groups (broad SMARTS) is 2. The van der Waals surface area contributed by atoms with Crippen LogP contribution in [0.4, 0.5) is 0 Å². The van der Waals surface area contributed by atoms with Crippen molar-refractivity contribution in [3.05, 3.63) is 0 Å². The van der Waals surface area contributed by atoms with Crippen molar-refractivity contribution >= 4 is 17.8 Å². The van der Waals surface area contributed by atoms with Crippen molar-refractivity contribution in [1.29, 1.82) is 0 Å². The molecule has 7 heteroatoms. The molecule has 7 nitrogen and oxygen atoms in total. The van der Waals surface area contributed by atoms with Gasteiger partial charge < -0.3 is 20.8 Å². The molecule has 0 saturated carbocycles. The van der Waals surface area contributed by atoms with Gasteiger partial charge in [0.1, 0.15) is 0 Å². The molecule has 0 radical (unpaired) electrons. The summed E-state index contributed by atoms with van der Waals surface area (Å²) in [5, 5.41) is 18.0. The Morgan fingerprint density at radius 2 is 1.83 bits per heavy atom. The van der Waals surface area contributed by atoms with Crippen molar-refractivity contribution in [1.82, 2.24) is 4.90 Å². The van der Waals surface area contributed by atoms with Crippen LogP contribution in [0.5, 0.6) is 0 Å². The Balaban J connectivity index is 2.77. The van der Waals surface area contributed by atoms with E-state index in [1.54, 1.807) is 6.92 Å². The van der Waals surface area contributed by atoms with Crippen LogP contribution in [0.3, 0.4) is 0 Å². The first-order chi connectivity index (χ1) is 8.38. The van der Waals surface area contributed by atoms with Gasteiger partial charge >= 0.3 is 11.9 Å². The zero-order valence-electron chi connectivity index (χ0n) is 10.2. The highest BCUT2D eigenvalue weighted by Crippen LogP contribution is 2.24. The van der Waals surface area contributed by atoms with E-state index >= 15 is 0 Å². The fourth-order valence-corrected chi connectivity index (χ4v) is 2.11. The van der Waals surface area contributed by atoms with E-state index in [4.69, 9.17) is 15.9 Å². The number of rotatable bonds is 4. The van der Waals surface area contributed by atoms with Gasteiger partial charge in [-0.05, 0) is 12.8 Å². The van der Waals surface area contributed by atoms with Crippen LogP contribution in [0.25, 0.3) is 0 Å². The van der Waals surface area contributed by atoms with Crippen molar-refractivity contribution in [2.45, 2.75) is 25.8 Å². The Bertz CT molecular complexity index is 357. The molecule has 3 unspecified atom stereocenters. The van der Waals surface area contributed by atoms with Crippen LogP contribution in [0.15, 0.2) is 0 Å². The number of nitrogens with two attached hydrogens (primary N) is 1. The molecule has 1 heterocycles. The van der Waals surface area contributed by atoms with Crippen LogP contribution in [-0.2, 0) is 14.4 Å². The van der Waals surface area contributed by atoms with Crippen molar-refractivity contribution in [3.8, 4) is 0 Å². The van der Waals surface area contributed by atoms with Gasteiger partial charge in [-0.25, -0.2) is 0 Å². The molecule has 4 N–H and O–H groups in total. The number of amides is 1. The van der Waals surface area contributed by atoms with Crippen molar-refractivity contribution < 1.29 is 24.6 Å². The molecule has 1 fully saturated rings. The van der Waals surface area contributed by atoms with Gasteiger partial charge in [-0.1, -0.05) is 6.92 Å². The van der Waals surface area contributed by atoms with Crippen molar-refractivity contribution in [3.63, 3.8) is 0 Å². The fourth-order valence-electron chi connectivity index (χ4n) is 2.11. The summed E-state index contributed by atoms with van der Waals surface area (Å²) in [5.74, 6) is -4.64. The monoisotopic (exact) mass is 258 g/mol. The van der Waals surface area contributed by atoms with E-state index in [-0.39, 0.29) is 25.4 Å². The number of piperidine rings is 1.